The van der Waals surface area contributed by atoms with Crippen LogP contribution in [0.1, 0.15) is 16.1 Å². The fourth-order valence-electron chi connectivity index (χ4n) is 1.54. The number of hydrogen-bond donors (Lipinski definition) is 1. The third kappa shape index (κ3) is 1.76. The second kappa shape index (κ2) is 3.61. The Morgan fingerprint density at radius 3 is 2.67 bits per heavy atom. The van der Waals surface area contributed by atoms with E-state index in [-0.39, 0.29) is 0 Å². The summed E-state index contributed by atoms with van der Waals surface area (Å²) in [6, 6.07) is 10.8. The fraction of sp³-hybridized carbons (Fsp3) is 0.0833. The van der Waals surface area contributed by atoms with Gasteiger partial charge in [0.2, 0.25) is 0 Å². The molecule has 1 aromatic heterocycles. The Bertz CT molecular complexity index is 500. The Morgan fingerprint density at radius 1 is 1.27 bits per heavy atom. The first-order valence-electron chi connectivity index (χ1n) is 4.66. The number of benzene rings is 1. The first-order valence-corrected chi connectivity index (χ1v) is 4.66. The zero-order chi connectivity index (χ0) is 10.8. The predicted octanol–water partition coefficient (Wildman–Crippen LogP) is 2.48. The Balaban J connectivity index is 2.50. The van der Waals surface area contributed by atoms with E-state index >= 15 is 0 Å². The maximum absolute atomic E-state index is 10.8. The van der Waals surface area contributed by atoms with E-state index in [9.17, 15) is 4.79 Å². The van der Waals surface area contributed by atoms with Crippen molar-refractivity contribution in [2.75, 3.05) is 0 Å². The van der Waals surface area contributed by atoms with Gasteiger partial charge in [-0.1, -0.05) is 6.07 Å². The number of carboxylic acid groups (broad SMARTS) is 1. The van der Waals surface area contributed by atoms with Gasteiger partial charge in [0.05, 0.1) is 5.56 Å². The third-order valence-corrected chi connectivity index (χ3v) is 2.32. The van der Waals surface area contributed by atoms with Crippen LogP contribution >= 0.6 is 0 Å². The van der Waals surface area contributed by atoms with Crippen molar-refractivity contribution in [3.63, 3.8) is 0 Å². The number of aromatic nitrogens is 1. The summed E-state index contributed by atoms with van der Waals surface area (Å²) in [6.45, 7) is 1.98. The van der Waals surface area contributed by atoms with Crippen molar-refractivity contribution in [2.45, 2.75) is 6.92 Å². The molecule has 3 heteroatoms. The number of aromatic carboxylic acids is 1. The zero-order valence-corrected chi connectivity index (χ0v) is 8.34. The van der Waals surface area contributed by atoms with Crippen LogP contribution in [0, 0.1) is 6.92 Å². The molecule has 0 aliphatic rings. The Labute approximate surface area is 87.6 Å². The fourth-order valence-corrected chi connectivity index (χ4v) is 1.54. The molecule has 0 saturated heterocycles. The van der Waals surface area contributed by atoms with E-state index < -0.39 is 5.97 Å². The van der Waals surface area contributed by atoms with E-state index in [1.165, 1.54) is 0 Å². The second-order valence-electron chi connectivity index (χ2n) is 3.38. The maximum Gasteiger partial charge on any atom is 0.335 e. The number of hydrogen-bond acceptors (Lipinski definition) is 1. The standard InChI is InChI=1S/C12H11NO2/c1-9-4-3-7-13(9)11-6-2-5-10(8-11)12(14)15/h2-8H,1H3,(H,14,15). The van der Waals surface area contributed by atoms with Gasteiger partial charge in [0, 0.05) is 17.6 Å². The van der Waals surface area contributed by atoms with Crippen LogP contribution in [0.5, 0.6) is 0 Å². The minimum absolute atomic E-state index is 0.306. The zero-order valence-electron chi connectivity index (χ0n) is 8.34. The summed E-state index contributed by atoms with van der Waals surface area (Å²) in [6.07, 6.45) is 1.91. The molecule has 0 amide bonds. The van der Waals surface area contributed by atoms with Gasteiger partial charge in [-0.25, -0.2) is 4.79 Å². The van der Waals surface area contributed by atoms with Crippen LogP contribution in [-0.4, -0.2) is 15.6 Å². The summed E-state index contributed by atoms with van der Waals surface area (Å²) in [5.41, 5.74) is 2.26. The van der Waals surface area contributed by atoms with Crippen molar-refractivity contribution < 1.29 is 9.90 Å². The number of aryl methyl sites for hydroxylation is 1. The molecule has 0 bridgehead atoms. The van der Waals surface area contributed by atoms with Crippen LogP contribution in [0.4, 0.5) is 0 Å². The van der Waals surface area contributed by atoms with E-state index in [0.29, 0.717) is 5.56 Å². The molecule has 1 N–H and O–H groups in total. The minimum Gasteiger partial charge on any atom is -0.478 e. The molecule has 0 unspecified atom stereocenters. The van der Waals surface area contributed by atoms with E-state index in [1.54, 1.807) is 18.2 Å². The van der Waals surface area contributed by atoms with Crippen LogP contribution in [0.3, 0.4) is 0 Å². The third-order valence-electron chi connectivity index (χ3n) is 2.32. The van der Waals surface area contributed by atoms with Crippen LogP contribution in [0.15, 0.2) is 42.6 Å². The van der Waals surface area contributed by atoms with Crippen molar-refractivity contribution in [3.05, 3.63) is 53.9 Å². The van der Waals surface area contributed by atoms with Gasteiger partial charge >= 0.3 is 5.97 Å². The van der Waals surface area contributed by atoms with E-state index in [4.69, 9.17) is 5.11 Å². The normalized spacial score (nSPS) is 10.2. The van der Waals surface area contributed by atoms with Crippen LogP contribution in [0.2, 0.25) is 0 Å². The topological polar surface area (TPSA) is 42.2 Å². The number of nitrogens with zero attached hydrogens (tertiary/aromatic N) is 1. The summed E-state index contributed by atoms with van der Waals surface area (Å²) in [4.78, 5) is 10.8. The monoisotopic (exact) mass is 201 g/mol. The van der Waals surface area contributed by atoms with Crippen LogP contribution in [0.25, 0.3) is 5.69 Å². The lowest BCUT2D eigenvalue weighted by molar-refractivity contribution is 0.0697. The van der Waals surface area contributed by atoms with Gasteiger partial charge in [-0.15, -0.1) is 0 Å². The molecule has 0 saturated carbocycles. The van der Waals surface area contributed by atoms with Crippen molar-refractivity contribution in [3.8, 4) is 5.69 Å². The van der Waals surface area contributed by atoms with Gasteiger partial charge in [-0.2, -0.15) is 0 Å². The van der Waals surface area contributed by atoms with Gasteiger partial charge < -0.3 is 9.67 Å². The van der Waals surface area contributed by atoms with E-state index in [2.05, 4.69) is 0 Å². The van der Waals surface area contributed by atoms with Crippen molar-refractivity contribution in [1.29, 1.82) is 0 Å². The van der Waals surface area contributed by atoms with Crippen molar-refractivity contribution >= 4 is 5.97 Å². The highest BCUT2D eigenvalue weighted by Crippen LogP contribution is 2.13. The Kier molecular flexibility index (Phi) is 2.29. The molecule has 3 nitrogen and oxygen atoms in total. The second-order valence-corrected chi connectivity index (χ2v) is 3.38. The molecule has 0 aliphatic carbocycles. The lowest BCUT2D eigenvalue weighted by atomic mass is 10.2. The highest BCUT2D eigenvalue weighted by Gasteiger charge is 2.04. The average molecular weight is 201 g/mol. The molecule has 0 fully saturated rings. The molecule has 0 radical (unpaired) electrons. The quantitative estimate of drug-likeness (QED) is 0.811. The number of carbonyl (C=O) groups is 1. The highest BCUT2D eigenvalue weighted by molar-refractivity contribution is 5.88. The summed E-state index contributed by atoms with van der Waals surface area (Å²) in [5.74, 6) is -0.901. The molecule has 1 aromatic carbocycles. The molecule has 0 spiro atoms. The van der Waals surface area contributed by atoms with E-state index in [0.717, 1.165) is 11.4 Å². The maximum atomic E-state index is 10.8. The molecule has 0 atom stereocenters. The van der Waals surface area contributed by atoms with Gasteiger partial charge in [-0.3, -0.25) is 0 Å². The molecular weight excluding hydrogens is 190 g/mol. The van der Waals surface area contributed by atoms with Crippen LogP contribution < -0.4 is 0 Å². The Hall–Kier alpha value is -2.03. The van der Waals surface area contributed by atoms with Gasteiger partial charge in [0.1, 0.15) is 0 Å². The molecule has 15 heavy (non-hydrogen) atoms. The smallest absolute Gasteiger partial charge is 0.335 e. The molecule has 1 heterocycles. The van der Waals surface area contributed by atoms with Crippen molar-refractivity contribution in [2.24, 2.45) is 0 Å². The largest absolute Gasteiger partial charge is 0.478 e. The number of rotatable bonds is 2. The Morgan fingerprint density at radius 2 is 2.07 bits per heavy atom. The summed E-state index contributed by atoms with van der Waals surface area (Å²) < 4.78 is 1.95. The van der Waals surface area contributed by atoms with Gasteiger partial charge in [0.25, 0.3) is 0 Å². The lowest BCUT2D eigenvalue weighted by Gasteiger charge is -2.06. The minimum atomic E-state index is -0.901. The molecule has 76 valence electrons. The average Bonchev–Trinajstić information content (AvgIpc) is 2.64. The SMILES string of the molecule is Cc1cccn1-c1cccc(C(=O)O)c1. The van der Waals surface area contributed by atoms with Crippen LogP contribution in [-0.2, 0) is 0 Å². The lowest BCUT2D eigenvalue weighted by Crippen LogP contribution is -1.99. The molecule has 2 rings (SSSR count). The van der Waals surface area contributed by atoms with Gasteiger partial charge in [0.15, 0.2) is 0 Å². The first-order chi connectivity index (χ1) is 7.18. The molecular formula is C12H11NO2. The van der Waals surface area contributed by atoms with E-state index in [1.807, 2.05) is 35.9 Å². The van der Waals surface area contributed by atoms with Crippen molar-refractivity contribution in [1.82, 2.24) is 4.57 Å². The predicted molar refractivity (Wildman–Crippen MR) is 57.5 cm³/mol. The number of carboxylic acids is 1. The molecule has 2 aromatic rings. The molecule has 0 aliphatic heterocycles. The summed E-state index contributed by atoms with van der Waals surface area (Å²) in [5, 5.41) is 8.87. The summed E-state index contributed by atoms with van der Waals surface area (Å²) >= 11 is 0. The first kappa shape index (κ1) is 9.52. The van der Waals surface area contributed by atoms with Gasteiger partial charge in [-0.05, 0) is 37.3 Å². The highest BCUT2D eigenvalue weighted by atomic mass is 16.4. The summed E-state index contributed by atoms with van der Waals surface area (Å²) in [7, 11) is 0.